The molecule has 1 fully saturated rings. The molecule has 0 saturated carbocycles. The van der Waals surface area contributed by atoms with Crippen molar-refractivity contribution in [3.63, 3.8) is 0 Å². The first-order valence-corrected chi connectivity index (χ1v) is 17.9. The molecule has 2 aromatic carbocycles. The summed E-state index contributed by atoms with van der Waals surface area (Å²) >= 11 is 1.52. The van der Waals surface area contributed by atoms with Gasteiger partial charge in [0.05, 0.1) is 34.3 Å². The van der Waals surface area contributed by atoms with Crippen molar-refractivity contribution in [3.05, 3.63) is 76.2 Å². The van der Waals surface area contributed by atoms with E-state index >= 15 is 0 Å². The van der Waals surface area contributed by atoms with E-state index in [1.54, 1.807) is 9.80 Å². The first-order valence-electron chi connectivity index (χ1n) is 15.5. The zero-order valence-electron chi connectivity index (χ0n) is 27.0. The van der Waals surface area contributed by atoms with Gasteiger partial charge in [-0.1, -0.05) is 64.1 Å². The molecule has 0 bridgehead atoms. The Morgan fingerprint density at radius 2 is 1.78 bits per heavy atom. The summed E-state index contributed by atoms with van der Waals surface area (Å²) in [6.45, 7) is 10.4. The molecular weight excluding hydrogens is 627 g/mol. The summed E-state index contributed by atoms with van der Waals surface area (Å²) in [7, 11) is -4.09. The second-order valence-electron chi connectivity index (χ2n) is 12.5. The zero-order chi connectivity index (χ0) is 33.6. The highest BCUT2D eigenvalue weighted by atomic mass is 32.2. The minimum atomic E-state index is -4.09. The Bertz CT molecular complexity index is 1580. The number of aliphatic hydroxyl groups is 1. The quantitative estimate of drug-likeness (QED) is 0.223. The maximum absolute atomic E-state index is 14.0. The lowest BCUT2D eigenvalue weighted by Gasteiger charge is -2.34. The molecule has 46 heavy (non-hydrogen) atoms. The Balaban J connectivity index is 1.57. The van der Waals surface area contributed by atoms with Gasteiger partial charge in [-0.15, -0.1) is 11.3 Å². The fraction of sp³-hybridized carbons (Fsp3) is 0.485. The minimum Gasteiger partial charge on any atom is -0.508 e. The van der Waals surface area contributed by atoms with Crippen molar-refractivity contribution in [1.29, 1.82) is 0 Å². The molecule has 0 radical (unpaired) electrons. The maximum atomic E-state index is 14.0. The van der Waals surface area contributed by atoms with Crippen LogP contribution in [0.4, 0.5) is 4.79 Å². The Morgan fingerprint density at radius 3 is 2.39 bits per heavy atom. The van der Waals surface area contributed by atoms with Crippen LogP contribution in [0.15, 0.2) is 64.9 Å². The number of thiazole rings is 1. The molecule has 1 aliphatic rings. The number of urea groups is 1. The number of phenols is 1. The van der Waals surface area contributed by atoms with Gasteiger partial charge in [0.2, 0.25) is 15.9 Å². The van der Waals surface area contributed by atoms with Crippen LogP contribution >= 0.6 is 11.3 Å². The molecule has 1 saturated heterocycles. The lowest BCUT2D eigenvalue weighted by Crippen LogP contribution is -2.57. The topological polar surface area (TPSA) is 143 Å². The predicted molar refractivity (Wildman–Crippen MR) is 178 cm³/mol. The number of hydrogen-bond acceptors (Lipinski definition) is 8. The molecule has 11 nitrogen and oxygen atoms in total. The van der Waals surface area contributed by atoms with E-state index in [1.165, 1.54) is 39.9 Å². The number of aromatic hydroxyl groups is 1. The summed E-state index contributed by atoms with van der Waals surface area (Å²) in [5, 5.41) is 27.4. The van der Waals surface area contributed by atoms with Crippen LogP contribution in [-0.4, -0.2) is 94.0 Å². The van der Waals surface area contributed by atoms with Crippen LogP contribution in [0.25, 0.3) is 0 Å². The molecule has 3 amide bonds. The van der Waals surface area contributed by atoms with Gasteiger partial charge in [-0.25, -0.2) is 18.2 Å². The van der Waals surface area contributed by atoms with Gasteiger partial charge >= 0.3 is 6.03 Å². The molecule has 2 heterocycles. The molecule has 13 heteroatoms. The maximum Gasteiger partial charge on any atom is 0.321 e. The average molecular weight is 672 g/mol. The smallest absolute Gasteiger partial charge is 0.321 e. The fourth-order valence-electron chi connectivity index (χ4n) is 5.71. The third-order valence-electron chi connectivity index (χ3n) is 7.89. The van der Waals surface area contributed by atoms with Gasteiger partial charge < -0.3 is 25.3 Å². The van der Waals surface area contributed by atoms with Crippen LogP contribution in [0.2, 0.25) is 0 Å². The van der Waals surface area contributed by atoms with E-state index < -0.39 is 34.1 Å². The van der Waals surface area contributed by atoms with Gasteiger partial charge in [-0.05, 0) is 48.9 Å². The van der Waals surface area contributed by atoms with E-state index in [0.29, 0.717) is 19.6 Å². The van der Waals surface area contributed by atoms with Crippen molar-refractivity contribution in [3.8, 4) is 5.75 Å². The first-order chi connectivity index (χ1) is 21.8. The van der Waals surface area contributed by atoms with Crippen molar-refractivity contribution < 1.29 is 28.2 Å². The summed E-state index contributed by atoms with van der Waals surface area (Å²) in [4.78, 5) is 35.1. The molecule has 3 N–H and O–H groups in total. The zero-order valence-corrected chi connectivity index (χ0v) is 28.7. The van der Waals surface area contributed by atoms with Crippen LogP contribution in [-0.2, 0) is 27.8 Å². The van der Waals surface area contributed by atoms with E-state index in [4.69, 9.17) is 0 Å². The standard InChI is InChI=1S/C33H45N5O6S2/c1-22(2)18-37(46(43,44)28-13-9-12-27(39)17-28)20-30(40)29(16-25-10-7-6-8-11-25)35-32(41)31(23(3)4)38-15-14-36(33(38)42)19-26-21-45-24(5)34-26/h6-13,17,21-23,29-31,39-40H,14-16,18-20H2,1-5H3,(H,35,41)/t29-,30+,31-/m0/s1. The number of carbonyl (C=O) groups excluding carboxylic acids is 2. The molecule has 1 aromatic heterocycles. The van der Waals surface area contributed by atoms with Crippen LogP contribution < -0.4 is 5.32 Å². The van der Waals surface area contributed by atoms with Gasteiger partial charge in [0.15, 0.2) is 0 Å². The Labute approximate surface area is 275 Å². The number of carbonyl (C=O) groups is 2. The molecule has 1 aliphatic heterocycles. The molecule has 0 spiro atoms. The van der Waals surface area contributed by atoms with Crippen LogP contribution in [0.5, 0.6) is 5.75 Å². The van der Waals surface area contributed by atoms with E-state index in [-0.39, 0.29) is 48.0 Å². The Kier molecular flexibility index (Phi) is 11.8. The summed E-state index contributed by atoms with van der Waals surface area (Å²) in [5.41, 5.74) is 1.65. The number of aromatic nitrogens is 1. The van der Waals surface area contributed by atoms with Crippen molar-refractivity contribution in [2.45, 2.75) is 70.7 Å². The lowest BCUT2D eigenvalue weighted by molar-refractivity contribution is -0.128. The number of nitrogens with one attached hydrogen (secondary N) is 1. The number of aryl methyl sites for hydroxylation is 1. The van der Waals surface area contributed by atoms with Crippen LogP contribution in [0, 0.1) is 18.8 Å². The second kappa shape index (κ2) is 15.4. The Morgan fingerprint density at radius 1 is 1.07 bits per heavy atom. The largest absolute Gasteiger partial charge is 0.508 e. The normalized spacial score (nSPS) is 16.0. The lowest BCUT2D eigenvalue weighted by atomic mass is 9.97. The summed E-state index contributed by atoms with van der Waals surface area (Å²) in [5.74, 6) is -0.898. The summed E-state index contributed by atoms with van der Waals surface area (Å²) in [6, 6.07) is 12.8. The molecule has 3 atom stereocenters. The van der Waals surface area contributed by atoms with Gasteiger partial charge in [-0.2, -0.15) is 4.31 Å². The number of hydrogen-bond donors (Lipinski definition) is 3. The molecular formula is C33H45N5O6S2. The summed E-state index contributed by atoms with van der Waals surface area (Å²) < 4.78 is 28.6. The van der Waals surface area contributed by atoms with Gasteiger partial charge in [-0.3, -0.25) is 4.79 Å². The van der Waals surface area contributed by atoms with Crippen molar-refractivity contribution >= 4 is 33.3 Å². The van der Waals surface area contributed by atoms with Crippen molar-refractivity contribution in [1.82, 2.24) is 24.4 Å². The van der Waals surface area contributed by atoms with E-state index in [2.05, 4.69) is 10.3 Å². The third-order valence-corrected chi connectivity index (χ3v) is 10.5. The molecule has 250 valence electrons. The van der Waals surface area contributed by atoms with E-state index in [1.807, 2.05) is 70.3 Å². The number of benzene rings is 2. The van der Waals surface area contributed by atoms with E-state index in [0.717, 1.165) is 16.3 Å². The minimum absolute atomic E-state index is 0.0657. The molecule has 4 rings (SSSR count). The predicted octanol–water partition coefficient (Wildman–Crippen LogP) is 3.85. The number of sulfonamides is 1. The molecule has 3 aromatic rings. The number of rotatable bonds is 15. The highest BCUT2D eigenvalue weighted by Crippen LogP contribution is 2.24. The number of amides is 3. The first kappa shape index (κ1) is 35.3. The van der Waals surface area contributed by atoms with Gasteiger partial charge in [0.1, 0.15) is 11.8 Å². The SMILES string of the molecule is Cc1nc(CN2CCN([C@H](C(=O)N[C@@H](Cc3ccccc3)[C@H](O)CN(CC(C)C)S(=O)(=O)c3cccc(O)c3)C(C)C)C2=O)cs1. The van der Waals surface area contributed by atoms with E-state index in [9.17, 15) is 28.2 Å². The highest BCUT2D eigenvalue weighted by Gasteiger charge is 2.40. The Hall–Kier alpha value is -3.52. The summed E-state index contributed by atoms with van der Waals surface area (Å²) in [6.07, 6.45) is -1.05. The van der Waals surface area contributed by atoms with Gasteiger partial charge in [0, 0.05) is 31.6 Å². The van der Waals surface area contributed by atoms with Crippen LogP contribution in [0.3, 0.4) is 0 Å². The second-order valence-corrected chi connectivity index (χ2v) is 15.5. The van der Waals surface area contributed by atoms with Crippen molar-refractivity contribution in [2.75, 3.05) is 26.2 Å². The fourth-order valence-corrected chi connectivity index (χ4v) is 7.98. The molecule has 0 unspecified atom stereocenters. The number of phenolic OH excluding ortho intramolecular Hbond substituents is 1. The number of aliphatic hydroxyl groups excluding tert-OH is 1. The molecule has 0 aliphatic carbocycles. The van der Waals surface area contributed by atoms with Gasteiger partial charge in [0.25, 0.3) is 0 Å². The van der Waals surface area contributed by atoms with Crippen molar-refractivity contribution in [2.24, 2.45) is 11.8 Å². The monoisotopic (exact) mass is 671 g/mol. The third kappa shape index (κ3) is 8.84. The highest BCUT2D eigenvalue weighted by molar-refractivity contribution is 7.89. The number of nitrogens with zero attached hydrogens (tertiary/aromatic N) is 4. The average Bonchev–Trinajstić information content (AvgIpc) is 3.57. The van der Waals surface area contributed by atoms with Crippen LogP contribution in [0.1, 0.15) is 44.0 Å².